The fourth-order valence-electron chi connectivity index (χ4n) is 1.83. The fraction of sp³-hybridized carbons (Fsp3) is 1.00. The molecule has 9 nitrogen and oxygen atoms in total. The highest BCUT2D eigenvalue weighted by atomic mass is 16.7. The Bertz CT molecular complexity index is 296. The molecule has 1 aliphatic rings. The fourth-order valence-corrected chi connectivity index (χ4v) is 1.83. The lowest BCUT2D eigenvalue weighted by molar-refractivity contribution is -0.326. The number of hydrogen-bond acceptors (Lipinski definition) is 9. The van der Waals surface area contributed by atoms with Crippen LogP contribution in [0.5, 0.6) is 0 Å². The van der Waals surface area contributed by atoms with E-state index in [0.29, 0.717) is 0 Å². The summed E-state index contributed by atoms with van der Waals surface area (Å²) in [5.74, 6) is 0. The monoisotopic (exact) mass is 298 g/mol. The van der Waals surface area contributed by atoms with Crippen molar-refractivity contribution in [3.05, 3.63) is 0 Å². The lowest BCUT2D eigenvalue weighted by Gasteiger charge is -2.42. The van der Waals surface area contributed by atoms with Crippen molar-refractivity contribution in [1.29, 1.82) is 0 Å². The van der Waals surface area contributed by atoms with Gasteiger partial charge in [0.2, 0.25) is 0 Å². The summed E-state index contributed by atoms with van der Waals surface area (Å²) in [4.78, 5) is 0. The van der Waals surface area contributed by atoms with Crippen LogP contribution in [-0.2, 0) is 9.47 Å². The number of ether oxygens (including phenoxy) is 2. The first-order valence-electron chi connectivity index (χ1n) is 6.18. The van der Waals surface area contributed by atoms with Gasteiger partial charge < -0.3 is 45.2 Å². The van der Waals surface area contributed by atoms with Crippen molar-refractivity contribution < 1.29 is 45.2 Å². The summed E-state index contributed by atoms with van der Waals surface area (Å²) in [6.07, 6.45) is -8.73. The molecule has 20 heavy (non-hydrogen) atoms. The third-order valence-electron chi connectivity index (χ3n) is 3.33. The van der Waals surface area contributed by atoms with Gasteiger partial charge in [-0.2, -0.15) is 0 Å². The molecular formula is C11H22O9. The number of aliphatic hydroxyl groups excluding tert-OH is 6. The van der Waals surface area contributed by atoms with E-state index in [0.717, 1.165) is 0 Å². The first kappa shape index (κ1) is 17.7. The predicted octanol–water partition coefficient (Wildman–Crippen LogP) is -4.09. The van der Waals surface area contributed by atoms with Crippen LogP contribution >= 0.6 is 0 Å². The Balaban J connectivity index is 2.79. The van der Waals surface area contributed by atoms with Crippen molar-refractivity contribution in [2.45, 2.75) is 49.3 Å². The molecule has 0 amide bonds. The van der Waals surface area contributed by atoms with Crippen LogP contribution in [0, 0.1) is 0 Å². The minimum absolute atomic E-state index is 0.620. The molecule has 0 radical (unpaired) electrons. The average molecular weight is 298 g/mol. The average Bonchev–Trinajstić information content (AvgIpc) is 2.44. The van der Waals surface area contributed by atoms with Gasteiger partial charge in [0.05, 0.1) is 19.8 Å². The lowest BCUT2D eigenvalue weighted by atomic mass is 9.98. The van der Waals surface area contributed by atoms with Gasteiger partial charge in [-0.3, -0.25) is 0 Å². The first-order valence-corrected chi connectivity index (χ1v) is 6.18. The summed E-state index contributed by atoms with van der Waals surface area (Å²) >= 11 is 0. The van der Waals surface area contributed by atoms with E-state index in [2.05, 4.69) is 0 Å². The maximum Gasteiger partial charge on any atom is 0.187 e. The van der Waals surface area contributed by atoms with Gasteiger partial charge in [-0.25, -0.2) is 0 Å². The summed E-state index contributed by atoms with van der Waals surface area (Å²) < 4.78 is 10.2. The minimum Gasteiger partial charge on any atom is -0.394 e. The minimum atomic E-state index is -1.80. The quantitative estimate of drug-likeness (QED) is 0.258. The highest BCUT2D eigenvalue weighted by Crippen LogP contribution is 2.25. The number of aliphatic hydroxyl groups is 7. The van der Waals surface area contributed by atoms with Crippen molar-refractivity contribution in [3.8, 4) is 0 Å². The molecular weight excluding hydrogens is 276 g/mol. The molecule has 120 valence electrons. The number of rotatable bonds is 6. The third kappa shape index (κ3) is 3.64. The molecule has 7 atom stereocenters. The molecule has 1 heterocycles. The molecule has 1 rings (SSSR count). The van der Waals surface area contributed by atoms with Crippen LogP contribution in [-0.4, -0.2) is 98.0 Å². The van der Waals surface area contributed by atoms with Gasteiger partial charge in [-0.15, -0.1) is 0 Å². The molecule has 9 heteroatoms. The largest absolute Gasteiger partial charge is 0.394 e. The zero-order chi connectivity index (χ0) is 15.5. The first-order chi connectivity index (χ1) is 9.28. The molecule has 1 aliphatic heterocycles. The van der Waals surface area contributed by atoms with Gasteiger partial charge in [-0.05, 0) is 6.92 Å². The van der Waals surface area contributed by atoms with E-state index in [4.69, 9.17) is 24.8 Å². The Morgan fingerprint density at radius 1 is 1.10 bits per heavy atom. The Hall–Kier alpha value is -0.360. The molecule has 0 aromatic heterocycles. The van der Waals surface area contributed by atoms with Crippen LogP contribution < -0.4 is 0 Å². The summed E-state index contributed by atoms with van der Waals surface area (Å²) in [6.45, 7) is -0.804. The Morgan fingerprint density at radius 3 is 2.15 bits per heavy atom. The summed E-state index contributed by atoms with van der Waals surface area (Å²) in [5, 5.41) is 65.9. The van der Waals surface area contributed by atoms with E-state index in [1.807, 2.05) is 0 Å². The summed E-state index contributed by atoms with van der Waals surface area (Å²) in [5.41, 5.74) is -1.80. The van der Waals surface area contributed by atoms with E-state index in [1.54, 1.807) is 0 Å². The highest BCUT2D eigenvalue weighted by Gasteiger charge is 2.46. The zero-order valence-corrected chi connectivity index (χ0v) is 11.0. The maximum absolute atomic E-state index is 9.81. The second-order valence-corrected chi connectivity index (χ2v) is 5.02. The SMILES string of the molecule is C[C@](O)(CO)[C@@H](CO)O[C@@H]1O[C@H](CO)[C@@H](O)[C@H](O)[C@H]1O. The van der Waals surface area contributed by atoms with Gasteiger partial charge in [0.15, 0.2) is 6.29 Å². The molecule has 1 saturated heterocycles. The molecule has 0 bridgehead atoms. The van der Waals surface area contributed by atoms with Crippen LogP contribution in [0.15, 0.2) is 0 Å². The second-order valence-electron chi connectivity index (χ2n) is 5.02. The molecule has 0 aromatic rings. The van der Waals surface area contributed by atoms with Gasteiger partial charge >= 0.3 is 0 Å². The Labute approximate surface area is 115 Å². The molecule has 0 aromatic carbocycles. The molecule has 0 spiro atoms. The van der Waals surface area contributed by atoms with E-state index in [9.17, 15) is 20.4 Å². The smallest absolute Gasteiger partial charge is 0.187 e. The maximum atomic E-state index is 9.81. The van der Waals surface area contributed by atoms with E-state index in [-0.39, 0.29) is 0 Å². The Morgan fingerprint density at radius 2 is 1.70 bits per heavy atom. The molecule has 0 unspecified atom stereocenters. The van der Waals surface area contributed by atoms with Crippen LogP contribution in [0.2, 0.25) is 0 Å². The van der Waals surface area contributed by atoms with Crippen molar-refractivity contribution in [3.63, 3.8) is 0 Å². The van der Waals surface area contributed by atoms with E-state index >= 15 is 0 Å². The van der Waals surface area contributed by atoms with Crippen molar-refractivity contribution >= 4 is 0 Å². The van der Waals surface area contributed by atoms with Gasteiger partial charge in [-0.1, -0.05) is 0 Å². The van der Waals surface area contributed by atoms with Crippen LogP contribution in [0.25, 0.3) is 0 Å². The highest BCUT2D eigenvalue weighted by molar-refractivity contribution is 4.91. The second kappa shape index (κ2) is 7.07. The van der Waals surface area contributed by atoms with Crippen molar-refractivity contribution in [2.24, 2.45) is 0 Å². The molecule has 1 fully saturated rings. The zero-order valence-electron chi connectivity index (χ0n) is 11.0. The summed E-state index contributed by atoms with van der Waals surface area (Å²) in [6, 6.07) is 0. The summed E-state index contributed by atoms with van der Waals surface area (Å²) in [7, 11) is 0. The van der Waals surface area contributed by atoms with Crippen LogP contribution in [0.4, 0.5) is 0 Å². The van der Waals surface area contributed by atoms with Crippen molar-refractivity contribution in [2.75, 3.05) is 19.8 Å². The van der Waals surface area contributed by atoms with Crippen LogP contribution in [0.1, 0.15) is 6.92 Å². The van der Waals surface area contributed by atoms with E-state index in [1.165, 1.54) is 6.92 Å². The lowest BCUT2D eigenvalue weighted by Crippen LogP contribution is -2.61. The number of hydrogen-bond donors (Lipinski definition) is 7. The van der Waals surface area contributed by atoms with Gasteiger partial charge in [0, 0.05) is 0 Å². The standard InChI is InChI=1S/C11H22O9/c1-11(18,4-14)6(3-13)20-10-9(17)8(16)7(15)5(2-12)19-10/h5-10,12-18H,2-4H2,1H3/t5-,6-,7-,8+,9-,10+,11+/m1/s1. The Kier molecular flexibility index (Phi) is 6.25. The van der Waals surface area contributed by atoms with Crippen molar-refractivity contribution in [1.82, 2.24) is 0 Å². The molecule has 7 N–H and O–H groups in total. The van der Waals surface area contributed by atoms with Crippen LogP contribution in [0.3, 0.4) is 0 Å². The molecule has 0 saturated carbocycles. The third-order valence-corrected chi connectivity index (χ3v) is 3.33. The van der Waals surface area contributed by atoms with Gasteiger partial charge in [0.1, 0.15) is 36.1 Å². The molecule has 0 aliphatic carbocycles. The van der Waals surface area contributed by atoms with Gasteiger partial charge in [0.25, 0.3) is 0 Å². The topological polar surface area (TPSA) is 160 Å². The van der Waals surface area contributed by atoms with E-state index < -0.39 is 62.2 Å². The predicted molar refractivity (Wildman–Crippen MR) is 63.4 cm³/mol. The normalized spacial score (nSPS) is 39.3.